The van der Waals surface area contributed by atoms with Crippen LogP contribution in [0.15, 0.2) is 6.07 Å². The molecule has 1 saturated heterocycles. The third kappa shape index (κ3) is 4.67. The van der Waals surface area contributed by atoms with Crippen molar-refractivity contribution >= 4 is 13.7 Å². The first-order chi connectivity index (χ1) is 15.6. The maximum absolute atomic E-state index is 12.5. The molecule has 1 aromatic rings. The van der Waals surface area contributed by atoms with Gasteiger partial charge in [-0.1, -0.05) is 0 Å². The summed E-state index contributed by atoms with van der Waals surface area (Å²) in [5.41, 5.74) is -0.179. The van der Waals surface area contributed by atoms with Gasteiger partial charge in [0.15, 0.2) is 11.5 Å². The molecule has 1 aliphatic carbocycles. The smallest absolute Gasteiger partial charge is 0.470 e. The number of aliphatic hydroxyl groups excluding tert-OH is 3. The van der Waals surface area contributed by atoms with Crippen molar-refractivity contribution in [3.8, 4) is 17.2 Å². The van der Waals surface area contributed by atoms with Gasteiger partial charge in [0.25, 0.3) is 5.91 Å². The number of phosphoric ester groups is 1. The monoisotopic (exact) mass is 491 g/mol. The fourth-order valence-corrected chi connectivity index (χ4v) is 5.02. The van der Waals surface area contributed by atoms with Gasteiger partial charge in [0.05, 0.1) is 17.7 Å². The molecule has 33 heavy (non-hydrogen) atoms. The van der Waals surface area contributed by atoms with Crippen molar-refractivity contribution in [1.29, 1.82) is 0 Å². The van der Waals surface area contributed by atoms with Crippen molar-refractivity contribution in [2.24, 2.45) is 0 Å². The van der Waals surface area contributed by atoms with Crippen molar-refractivity contribution in [3.63, 3.8) is 0 Å². The number of nitrogens with one attached hydrogen (secondary N) is 3. The van der Waals surface area contributed by atoms with Crippen molar-refractivity contribution in [3.05, 3.63) is 17.2 Å². The highest BCUT2D eigenvalue weighted by molar-refractivity contribution is 7.46. The molecule has 3 aliphatic heterocycles. The maximum atomic E-state index is 12.5. The first-order valence-electron chi connectivity index (χ1n) is 10.3. The van der Waals surface area contributed by atoms with Crippen LogP contribution >= 0.6 is 7.82 Å². The van der Waals surface area contributed by atoms with E-state index in [1.54, 1.807) is 0 Å². The van der Waals surface area contributed by atoms with Crippen LogP contribution in [0.3, 0.4) is 0 Å². The number of rotatable bonds is 2. The number of carbonyl (C=O) groups excluding carboxylic acids is 1. The number of phenolic OH excluding ortho intramolecular Hbond substituents is 1. The molecule has 0 unspecified atom stereocenters. The van der Waals surface area contributed by atoms with E-state index in [0.717, 1.165) is 26.2 Å². The molecule has 5 rings (SSSR count). The lowest BCUT2D eigenvalue weighted by Gasteiger charge is -2.48. The number of carbonyl (C=O) groups is 1. The molecule has 1 amide bonds. The highest BCUT2D eigenvalue weighted by Crippen LogP contribution is 2.51. The Kier molecular flexibility index (Phi) is 6.82. The number of aromatic hydroxyl groups is 1. The number of phenols is 1. The van der Waals surface area contributed by atoms with E-state index in [0.29, 0.717) is 0 Å². The number of fused-ring (bicyclic) bond motifs is 4. The fourth-order valence-electron chi connectivity index (χ4n) is 4.45. The molecule has 6 atom stereocenters. The normalized spacial score (nSPS) is 32.7. The van der Waals surface area contributed by atoms with Gasteiger partial charge in [-0.15, -0.1) is 0 Å². The molecule has 0 radical (unpaired) electrons. The summed E-state index contributed by atoms with van der Waals surface area (Å²) in [6.45, 7) is 4.36. The predicted molar refractivity (Wildman–Crippen MR) is 109 cm³/mol. The van der Waals surface area contributed by atoms with Crippen LogP contribution in [0.4, 0.5) is 0 Å². The van der Waals surface area contributed by atoms with E-state index < -0.39 is 55.9 Å². The van der Waals surface area contributed by atoms with E-state index in [1.165, 1.54) is 6.07 Å². The number of hydrogen-bond acceptors (Lipinski definition) is 11. The van der Waals surface area contributed by atoms with Crippen LogP contribution in [0.25, 0.3) is 0 Å². The molecule has 0 aromatic heterocycles. The SMILES string of the molecule is C1CNCCN1.O=C1N[C@H]2[C@H](OP(=O)(O)O)[C@H](O)[C@@H](O)[C@H](O)[C@@H]2c2cc3c(c(O)c21)OCO3. The molecule has 2 fully saturated rings. The lowest BCUT2D eigenvalue weighted by atomic mass is 9.70. The summed E-state index contributed by atoms with van der Waals surface area (Å²) < 4.78 is 26.1. The quantitative estimate of drug-likeness (QED) is 0.189. The summed E-state index contributed by atoms with van der Waals surface area (Å²) in [4.78, 5) is 30.7. The summed E-state index contributed by atoms with van der Waals surface area (Å²) >= 11 is 0. The Morgan fingerprint density at radius 1 is 1.00 bits per heavy atom. The second-order valence-electron chi connectivity index (χ2n) is 7.98. The van der Waals surface area contributed by atoms with E-state index in [1.807, 2.05) is 0 Å². The molecular formula is C18H26N3O11P. The van der Waals surface area contributed by atoms with Crippen LogP contribution < -0.4 is 25.4 Å². The van der Waals surface area contributed by atoms with Gasteiger partial charge in [0, 0.05) is 32.1 Å². The van der Waals surface area contributed by atoms with Crippen LogP contribution in [-0.4, -0.2) is 99.5 Å². The Balaban J connectivity index is 0.000000376. The van der Waals surface area contributed by atoms with E-state index in [-0.39, 0.29) is 29.4 Å². The second-order valence-corrected chi connectivity index (χ2v) is 9.17. The van der Waals surface area contributed by atoms with Gasteiger partial charge in [-0.3, -0.25) is 9.32 Å². The highest BCUT2D eigenvalue weighted by atomic mass is 31.2. The lowest BCUT2D eigenvalue weighted by Crippen LogP contribution is -2.66. The zero-order chi connectivity index (χ0) is 23.9. The summed E-state index contributed by atoms with van der Waals surface area (Å²) in [5, 5.41) is 49.9. The summed E-state index contributed by atoms with van der Waals surface area (Å²) in [6.07, 6.45) is -7.09. The van der Waals surface area contributed by atoms with Crippen LogP contribution in [-0.2, 0) is 9.09 Å². The van der Waals surface area contributed by atoms with Crippen molar-refractivity contribution < 1.29 is 53.6 Å². The minimum Gasteiger partial charge on any atom is -0.504 e. The molecule has 14 nitrogen and oxygen atoms in total. The molecule has 9 N–H and O–H groups in total. The minimum absolute atomic E-state index is 0.0586. The van der Waals surface area contributed by atoms with Crippen molar-refractivity contribution in [2.75, 3.05) is 33.0 Å². The molecule has 1 saturated carbocycles. The lowest BCUT2D eigenvalue weighted by molar-refractivity contribution is -0.152. The Hall–Kier alpha value is -2.00. The summed E-state index contributed by atoms with van der Waals surface area (Å²) in [6, 6.07) is 0.0292. The van der Waals surface area contributed by atoms with Gasteiger partial charge in [-0.2, -0.15) is 0 Å². The average molecular weight is 491 g/mol. The number of ether oxygens (including phenoxy) is 2. The number of benzene rings is 1. The molecule has 0 bridgehead atoms. The number of aliphatic hydroxyl groups is 3. The van der Waals surface area contributed by atoms with Crippen LogP contribution in [0.2, 0.25) is 0 Å². The molecule has 184 valence electrons. The zero-order valence-corrected chi connectivity index (χ0v) is 18.1. The van der Waals surface area contributed by atoms with Crippen LogP contribution in [0, 0.1) is 0 Å². The number of hydrogen-bond donors (Lipinski definition) is 9. The van der Waals surface area contributed by atoms with E-state index in [9.17, 15) is 29.8 Å². The van der Waals surface area contributed by atoms with E-state index in [4.69, 9.17) is 19.3 Å². The van der Waals surface area contributed by atoms with Gasteiger partial charge < -0.3 is 55.6 Å². The molecular weight excluding hydrogens is 465 g/mol. The van der Waals surface area contributed by atoms with Gasteiger partial charge in [-0.05, 0) is 11.6 Å². The predicted octanol–water partition coefficient (Wildman–Crippen LogP) is -2.93. The Morgan fingerprint density at radius 2 is 1.64 bits per heavy atom. The average Bonchev–Trinajstić information content (AvgIpc) is 3.25. The third-order valence-electron chi connectivity index (χ3n) is 5.91. The van der Waals surface area contributed by atoms with Crippen molar-refractivity contribution in [1.82, 2.24) is 16.0 Å². The first-order valence-corrected chi connectivity index (χ1v) is 11.8. The summed E-state index contributed by atoms with van der Waals surface area (Å²) in [7, 11) is -5.11. The van der Waals surface area contributed by atoms with Crippen LogP contribution in [0.1, 0.15) is 21.8 Å². The molecule has 4 aliphatic rings. The maximum Gasteiger partial charge on any atom is 0.470 e. The topological polar surface area (TPSA) is 219 Å². The van der Waals surface area contributed by atoms with Crippen LogP contribution in [0.5, 0.6) is 17.2 Å². The largest absolute Gasteiger partial charge is 0.504 e. The standard InChI is InChI=1S/C14H16NO11P.C4H10N2/c16-8-5-3-1-4-12(25-2-24-4)9(17)6(3)14(20)15-7(5)13(11(19)10(8)18)26-27(21,22)23;1-2-6-4-3-5-1/h1,5,7-8,10-11,13,16-19H,2H2,(H,15,20)(H2,21,22,23);5-6H,1-4H2/t5-,7-,8-,10+,11-,13+;/m1./s1. The molecule has 0 spiro atoms. The second kappa shape index (κ2) is 9.33. The number of piperazine rings is 1. The van der Waals surface area contributed by atoms with Gasteiger partial charge in [0.1, 0.15) is 18.3 Å². The van der Waals surface area contributed by atoms with Gasteiger partial charge in [0.2, 0.25) is 12.5 Å². The molecule has 3 heterocycles. The Bertz CT molecular complexity index is 942. The summed E-state index contributed by atoms with van der Waals surface area (Å²) in [5.74, 6) is -2.49. The van der Waals surface area contributed by atoms with Crippen molar-refractivity contribution in [2.45, 2.75) is 36.4 Å². The van der Waals surface area contributed by atoms with E-state index >= 15 is 0 Å². The Labute approximate surface area is 187 Å². The Morgan fingerprint density at radius 3 is 2.21 bits per heavy atom. The highest BCUT2D eigenvalue weighted by Gasteiger charge is 2.56. The first kappa shape index (κ1) is 24.1. The number of amides is 1. The van der Waals surface area contributed by atoms with Gasteiger partial charge >= 0.3 is 7.82 Å². The number of phosphoric acid groups is 1. The van der Waals surface area contributed by atoms with Gasteiger partial charge in [-0.25, -0.2) is 4.57 Å². The minimum atomic E-state index is -5.11. The third-order valence-corrected chi connectivity index (χ3v) is 6.43. The zero-order valence-electron chi connectivity index (χ0n) is 17.2. The van der Waals surface area contributed by atoms with E-state index in [2.05, 4.69) is 20.5 Å². The molecule has 1 aromatic carbocycles. The molecule has 15 heteroatoms. The fraction of sp³-hybridized carbons (Fsp3) is 0.611.